The summed E-state index contributed by atoms with van der Waals surface area (Å²) in [7, 11) is 1.71. The summed E-state index contributed by atoms with van der Waals surface area (Å²) in [6.45, 7) is 9.14. The largest absolute Gasteiger partial charge is 0.496 e. The van der Waals surface area contributed by atoms with Gasteiger partial charge in [0, 0.05) is 16.2 Å². The van der Waals surface area contributed by atoms with Gasteiger partial charge in [0.1, 0.15) is 5.75 Å². The molecule has 0 aliphatic carbocycles. The lowest BCUT2D eigenvalue weighted by Gasteiger charge is -2.22. The number of rotatable bonds is 4. The molecule has 0 fully saturated rings. The first kappa shape index (κ1) is 13.4. The average Bonchev–Trinajstić information content (AvgIpc) is 2.16. The van der Waals surface area contributed by atoms with Crippen molar-refractivity contribution in [1.29, 1.82) is 0 Å². The van der Waals surface area contributed by atoms with Crippen molar-refractivity contribution >= 4 is 11.8 Å². The summed E-state index contributed by atoms with van der Waals surface area (Å²) >= 11 is 1.81. The lowest BCUT2D eigenvalue weighted by molar-refractivity contribution is 0.408. The van der Waals surface area contributed by atoms with E-state index in [2.05, 4.69) is 39.8 Å². The highest BCUT2D eigenvalue weighted by atomic mass is 32.2. The molecule has 0 amide bonds. The minimum absolute atomic E-state index is 0.0769. The Balaban J connectivity index is 3.00. The smallest absolute Gasteiger partial charge is 0.124 e. The summed E-state index contributed by atoms with van der Waals surface area (Å²) in [6.07, 6.45) is 0. The van der Waals surface area contributed by atoms with E-state index in [4.69, 9.17) is 10.5 Å². The predicted molar refractivity (Wildman–Crippen MR) is 71.5 cm³/mol. The van der Waals surface area contributed by atoms with Gasteiger partial charge in [-0.3, -0.25) is 0 Å². The Bertz CT molecular complexity index is 351. The van der Waals surface area contributed by atoms with Crippen LogP contribution in [0.2, 0.25) is 0 Å². The Morgan fingerprint density at radius 1 is 1.25 bits per heavy atom. The van der Waals surface area contributed by atoms with Crippen LogP contribution in [0.1, 0.15) is 25.0 Å². The Kier molecular flexibility index (Phi) is 4.28. The van der Waals surface area contributed by atoms with E-state index in [0.717, 1.165) is 5.75 Å². The lowest BCUT2D eigenvalue weighted by atomic mass is 10.1. The monoisotopic (exact) mass is 239 g/mol. The van der Waals surface area contributed by atoms with E-state index in [1.165, 1.54) is 16.0 Å². The average molecular weight is 239 g/mol. The minimum atomic E-state index is 0.0769. The third-order valence-corrected chi connectivity index (χ3v) is 3.71. The first-order valence-corrected chi connectivity index (χ1v) is 6.25. The molecule has 1 rings (SSSR count). The molecular weight excluding hydrogens is 218 g/mol. The van der Waals surface area contributed by atoms with Crippen LogP contribution in [0.3, 0.4) is 0 Å². The first-order chi connectivity index (χ1) is 7.39. The zero-order chi connectivity index (χ0) is 12.3. The molecule has 0 spiro atoms. The summed E-state index contributed by atoms with van der Waals surface area (Å²) < 4.78 is 5.43. The highest BCUT2D eigenvalue weighted by molar-refractivity contribution is 8.00. The van der Waals surface area contributed by atoms with Gasteiger partial charge in [0.25, 0.3) is 0 Å². The van der Waals surface area contributed by atoms with Crippen molar-refractivity contribution in [2.45, 2.75) is 37.3 Å². The topological polar surface area (TPSA) is 35.2 Å². The Morgan fingerprint density at radius 2 is 1.75 bits per heavy atom. The number of benzene rings is 1. The Hall–Kier alpha value is -0.670. The first-order valence-electron chi connectivity index (χ1n) is 5.44. The summed E-state index contributed by atoms with van der Waals surface area (Å²) in [5, 5.41) is 0. The van der Waals surface area contributed by atoms with E-state index < -0.39 is 0 Å². The maximum atomic E-state index is 5.74. The van der Waals surface area contributed by atoms with Crippen LogP contribution < -0.4 is 10.5 Å². The lowest BCUT2D eigenvalue weighted by Crippen LogP contribution is -2.26. The van der Waals surface area contributed by atoms with Gasteiger partial charge >= 0.3 is 0 Å². The molecule has 16 heavy (non-hydrogen) atoms. The summed E-state index contributed by atoms with van der Waals surface area (Å²) in [5.74, 6) is 0.981. The van der Waals surface area contributed by atoms with Crippen molar-refractivity contribution in [3.05, 3.63) is 23.3 Å². The van der Waals surface area contributed by atoms with Crippen molar-refractivity contribution in [3.63, 3.8) is 0 Å². The normalized spacial score (nSPS) is 11.6. The van der Waals surface area contributed by atoms with Gasteiger partial charge in [-0.2, -0.15) is 0 Å². The second-order valence-corrected chi connectivity index (χ2v) is 6.44. The van der Waals surface area contributed by atoms with Crippen LogP contribution in [0.4, 0.5) is 0 Å². The fourth-order valence-electron chi connectivity index (χ4n) is 1.65. The molecule has 0 aliphatic rings. The van der Waals surface area contributed by atoms with Gasteiger partial charge in [-0.15, -0.1) is 11.8 Å². The Labute approximate surface area is 103 Å². The summed E-state index contributed by atoms with van der Waals surface area (Å²) in [4.78, 5) is 1.26. The van der Waals surface area contributed by atoms with Crippen LogP contribution in [-0.4, -0.2) is 18.4 Å². The van der Waals surface area contributed by atoms with Crippen LogP contribution in [-0.2, 0) is 0 Å². The molecule has 0 aromatic heterocycles. The molecule has 1 aromatic carbocycles. The molecule has 0 aliphatic heterocycles. The molecule has 90 valence electrons. The number of thioether (sulfide) groups is 1. The SMILES string of the molecule is COc1c(C)cc(SC(C)(C)CN)cc1C. The van der Waals surface area contributed by atoms with Crippen LogP contribution in [0.15, 0.2) is 17.0 Å². The molecule has 2 N–H and O–H groups in total. The zero-order valence-electron chi connectivity index (χ0n) is 10.8. The number of methoxy groups -OCH3 is 1. The second-order valence-electron chi connectivity index (χ2n) is 4.66. The van der Waals surface area contributed by atoms with Gasteiger partial charge in [0.15, 0.2) is 0 Å². The minimum Gasteiger partial charge on any atom is -0.496 e. The maximum Gasteiger partial charge on any atom is 0.124 e. The van der Waals surface area contributed by atoms with Gasteiger partial charge in [0.05, 0.1) is 7.11 Å². The molecule has 0 radical (unpaired) electrons. The molecule has 0 saturated heterocycles. The number of ether oxygens (including phenoxy) is 1. The molecule has 0 atom stereocenters. The van der Waals surface area contributed by atoms with Gasteiger partial charge in [-0.1, -0.05) is 0 Å². The van der Waals surface area contributed by atoms with Gasteiger partial charge < -0.3 is 10.5 Å². The molecule has 3 heteroatoms. The molecular formula is C13H21NOS. The Morgan fingerprint density at radius 3 is 2.12 bits per heavy atom. The van der Waals surface area contributed by atoms with E-state index in [9.17, 15) is 0 Å². The van der Waals surface area contributed by atoms with Crippen molar-refractivity contribution in [2.24, 2.45) is 5.73 Å². The van der Waals surface area contributed by atoms with Crippen LogP contribution in [0, 0.1) is 13.8 Å². The van der Waals surface area contributed by atoms with Gasteiger partial charge in [-0.25, -0.2) is 0 Å². The molecule has 0 heterocycles. The second kappa shape index (κ2) is 5.11. The fourth-order valence-corrected chi connectivity index (χ4v) is 2.84. The summed E-state index contributed by atoms with van der Waals surface area (Å²) in [6, 6.07) is 4.32. The van der Waals surface area contributed by atoms with Crippen molar-refractivity contribution in [3.8, 4) is 5.75 Å². The number of nitrogens with two attached hydrogens (primary N) is 1. The third kappa shape index (κ3) is 3.16. The van der Waals surface area contributed by atoms with Gasteiger partial charge in [0.2, 0.25) is 0 Å². The van der Waals surface area contributed by atoms with Crippen LogP contribution >= 0.6 is 11.8 Å². The zero-order valence-corrected chi connectivity index (χ0v) is 11.6. The van der Waals surface area contributed by atoms with E-state index in [-0.39, 0.29) is 4.75 Å². The van der Waals surface area contributed by atoms with E-state index >= 15 is 0 Å². The highest BCUT2D eigenvalue weighted by Gasteiger charge is 2.18. The number of hydrogen-bond donors (Lipinski definition) is 1. The highest BCUT2D eigenvalue weighted by Crippen LogP contribution is 2.35. The number of hydrogen-bond acceptors (Lipinski definition) is 3. The molecule has 0 unspecified atom stereocenters. The van der Waals surface area contributed by atoms with Crippen LogP contribution in [0.5, 0.6) is 5.75 Å². The van der Waals surface area contributed by atoms with Crippen molar-refractivity contribution < 1.29 is 4.74 Å². The van der Waals surface area contributed by atoms with Gasteiger partial charge in [-0.05, 0) is 51.0 Å². The molecule has 1 aromatic rings. The molecule has 2 nitrogen and oxygen atoms in total. The van der Waals surface area contributed by atoms with E-state index in [0.29, 0.717) is 6.54 Å². The van der Waals surface area contributed by atoms with E-state index in [1.807, 2.05) is 11.8 Å². The quantitative estimate of drug-likeness (QED) is 0.820. The van der Waals surface area contributed by atoms with Crippen LogP contribution in [0.25, 0.3) is 0 Å². The number of aryl methyl sites for hydroxylation is 2. The maximum absolute atomic E-state index is 5.74. The molecule has 0 bridgehead atoms. The fraction of sp³-hybridized carbons (Fsp3) is 0.538. The summed E-state index contributed by atoms with van der Waals surface area (Å²) in [5.41, 5.74) is 8.10. The van der Waals surface area contributed by atoms with E-state index in [1.54, 1.807) is 7.11 Å². The van der Waals surface area contributed by atoms with Crippen molar-refractivity contribution in [2.75, 3.05) is 13.7 Å². The predicted octanol–water partition coefficient (Wildman–Crippen LogP) is 3.14. The molecule has 0 saturated carbocycles. The standard InChI is InChI=1S/C13H21NOS/c1-9-6-11(16-13(3,4)8-14)7-10(2)12(9)15-5/h6-7H,8,14H2,1-5H3. The van der Waals surface area contributed by atoms with Crippen molar-refractivity contribution in [1.82, 2.24) is 0 Å². The third-order valence-electron chi connectivity index (χ3n) is 2.52.